The maximum atomic E-state index is 12.8. The van der Waals surface area contributed by atoms with Crippen LogP contribution in [0, 0.1) is 0 Å². The van der Waals surface area contributed by atoms with Crippen LogP contribution in [0.1, 0.15) is 5.56 Å². The Kier molecular flexibility index (Phi) is 3.28. The number of fused-ring (bicyclic) bond motifs is 2. The number of benzene rings is 2. The Morgan fingerprint density at radius 2 is 1.92 bits per heavy atom. The molecular weight excluding hydrogens is 326 g/mol. The molecule has 0 radical (unpaired) electrons. The Bertz CT molecular complexity index is 1180. The van der Waals surface area contributed by atoms with E-state index in [1.165, 1.54) is 21.5 Å². The van der Waals surface area contributed by atoms with Crippen LogP contribution in [0.2, 0.25) is 0 Å². The number of rotatable bonds is 2. The van der Waals surface area contributed by atoms with Crippen LogP contribution in [0.3, 0.4) is 0 Å². The van der Waals surface area contributed by atoms with Gasteiger partial charge < -0.3 is 5.32 Å². The fourth-order valence-corrected chi connectivity index (χ4v) is 3.48. The van der Waals surface area contributed by atoms with Crippen molar-refractivity contribution in [2.75, 3.05) is 11.9 Å². The van der Waals surface area contributed by atoms with E-state index in [0.29, 0.717) is 5.39 Å². The van der Waals surface area contributed by atoms with Crippen LogP contribution in [-0.2, 0) is 6.42 Å². The van der Waals surface area contributed by atoms with E-state index >= 15 is 0 Å². The maximum Gasteiger partial charge on any atom is 0.282 e. The van der Waals surface area contributed by atoms with Crippen molar-refractivity contribution in [2.45, 2.75) is 6.42 Å². The fraction of sp³-hybridized carbons (Fsp3) is 0.100. The summed E-state index contributed by atoms with van der Waals surface area (Å²) in [5.74, 6) is 0.274. The van der Waals surface area contributed by atoms with Crippen molar-refractivity contribution in [3.05, 3.63) is 77.0 Å². The molecule has 4 aromatic rings. The third kappa shape index (κ3) is 2.27. The van der Waals surface area contributed by atoms with Crippen LogP contribution in [0.5, 0.6) is 0 Å². The first kappa shape index (κ1) is 14.8. The number of anilines is 1. The molecule has 1 aliphatic rings. The standard InChI is InChI=1S/C20H15N5O/c26-19-16-6-5-13(15-3-1-4-18-17(15)7-10-21-18)11-14(16)12-24-25(19)20-22-8-2-9-23-20/h1-6,8-9,11-12,21H,7,10H2. The molecule has 3 heterocycles. The van der Waals surface area contributed by atoms with Crippen molar-refractivity contribution in [3.8, 4) is 17.1 Å². The average Bonchev–Trinajstić information content (AvgIpc) is 3.17. The molecule has 0 saturated carbocycles. The number of hydrogen-bond acceptors (Lipinski definition) is 5. The van der Waals surface area contributed by atoms with Crippen LogP contribution in [0.15, 0.2) is 65.8 Å². The molecular formula is C20H15N5O. The Morgan fingerprint density at radius 3 is 2.81 bits per heavy atom. The normalized spacial score (nSPS) is 12.8. The highest BCUT2D eigenvalue weighted by molar-refractivity contribution is 5.88. The van der Waals surface area contributed by atoms with Gasteiger partial charge in [0, 0.05) is 30.0 Å². The zero-order chi connectivity index (χ0) is 17.5. The van der Waals surface area contributed by atoms with E-state index < -0.39 is 0 Å². The molecule has 2 aromatic carbocycles. The first-order valence-electron chi connectivity index (χ1n) is 8.47. The molecule has 1 N–H and O–H groups in total. The van der Waals surface area contributed by atoms with Gasteiger partial charge in [0.2, 0.25) is 0 Å². The molecule has 0 saturated heterocycles. The van der Waals surface area contributed by atoms with Crippen molar-refractivity contribution >= 4 is 16.5 Å². The molecule has 6 nitrogen and oxygen atoms in total. The van der Waals surface area contributed by atoms with Crippen LogP contribution in [0.4, 0.5) is 5.69 Å². The molecule has 0 unspecified atom stereocenters. The van der Waals surface area contributed by atoms with Crippen molar-refractivity contribution in [1.29, 1.82) is 0 Å². The first-order chi connectivity index (χ1) is 12.8. The van der Waals surface area contributed by atoms with Gasteiger partial charge in [0.1, 0.15) is 0 Å². The van der Waals surface area contributed by atoms with Crippen molar-refractivity contribution in [1.82, 2.24) is 19.7 Å². The lowest BCUT2D eigenvalue weighted by Gasteiger charge is -2.10. The molecule has 0 aliphatic carbocycles. The van der Waals surface area contributed by atoms with Gasteiger partial charge >= 0.3 is 0 Å². The van der Waals surface area contributed by atoms with Gasteiger partial charge in [-0.1, -0.05) is 18.2 Å². The monoisotopic (exact) mass is 341 g/mol. The highest BCUT2D eigenvalue weighted by Gasteiger charge is 2.16. The molecule has 0 fully saturated rings. The summed E-state index contributed by atoms with van der Waals surface area (Å²) in [6.07, 6.45) is 5.88. The van der Waals surface area contributed by atoms with Crippen molar-refractivity contribution in [3.63, 3.8) is 0 Å². The number of nitrogens with one attached hydrogen (secondary N) is 1. The van der Waals surface area contributed by atoms with E-state index in [0.717, 1.165) is 23.9 Å². The summed E-state index contributed by atoms with van der Waals surface area (Å²) < 4.78 is 1.23. The highest BCUT2D eigenvalue weighted by atomic mass is 16.1. The largest absolute Gasteiger partial charge is 0.384 e. The van der Waals surface area contributed by atoms with Crippen LogP contribution < -0.4 is 10.9 Å². The van der Waals surface area contributed by atoms with Gasteiger partial charge in [0.05, 0.1) is 11.6 Å². The lowest BCUT2D eigenvalue weighted by Crippen LogP contribution is -2.22. The van der Waals surface area contributed by atoms with Crippen LogP contribution in [0.25, 0.3) is 27.8 Å². The zero-order valence-electron chi connectivity index (χ0n) is 13.9. The molecule has 26 heavy (non-hydrogen) atoms. The second-order valence-corrected chi connectivity index (χ2v) is 6.22. The predicted octanol–water partition coefficient (Wildman–Crippen LogP) is 2.81. The Balaban J connectivity index is 1.66. The zero-order valence-corrected chi connectivity index (χ0v) is 13.9. The van der Waals surface area contributed by atoms with Gasteiger partial charge in [0.25, 0.3) is 11.5 Å². The van der Waals surface area contributed by atoms with Gasteiger partial charge in [-0.2, -0.15) is 9.78 Å². The van der Waals surface area contributed by atoms with Gasteiger partial charge in [0.15, 0.2) is 0 Å². The van der Waals surface area contributed by atoms with Gasteiger partial charge in [-0.3, -0.25) is 4.79 Å². The Labute approximate surface area is 149 Å². The third-order valence-corrected chi connectivity index (χ3v) is 4.71. The molecule has 5 rings (SSSR count). The fourth-order valence-electron chi connectivity index (χ4n) is 3.48. The summed E-state index contributed by atoms with van der Waals surface area (Å²) in [7, 11) is 0. The molecule has 0 bridgehead atoms. The second kappa shape index (κ2) is 5.77. The molecule has 1 aliphatic heterocycles. The topological polar surface area (TPSA) is 72.7 Å². The van der Waals surface area contributed by atoms with E-state index in [9.17, 15) is 4.79 Å². The molecule has 6 heteroatoms. The summed E-state index contributed by atoms with van der Waals surface area (Å²) in [4.78, 5) is 21.0. The van der Waals surface area contributed by atoms with Crippen LogP contribution >= 0.6 is 0 Å². The van der Waals surface area contributed by atoms with E-state index in [1.54, 1.807) is 24.7 Å². The quantitative estimate of drug-likeness (QED) is 0.607. The van der Waals surface area contributed by atoms with E-state index in [1.807, 2.05) is 18.2 Å². The van der Waals surface area contributed by atoms with E-state index in [-0.39, 0.29) is 11.5 Å². The Morgan fingerprint density at radius 1 is 1.04 bits per heavy atom. The van der Waals surface area contributed by atoms with E-state index in [4.69, 9.17) is 0 Å². The summed E-state index contributed by atoms with van der Waals surface area (Å²) in [6.45, 7) is 0.962. The summed E-state index contributed by atoms with van der Waals surface area (Å²) in [6, 6.07) is 13.9. The molecule has 0 atom stereocenters. The average molecular weight is 341 g/mol. The molecule has 2 aromatic heterocycles. The maximum absolute atomic E-state index is 12.8. The predicted molar refractivity (Wildman–Crippen MR) is 101 cm³/mol. The summed E-state index contributed by atoms with van der Waals surface area (Å²) in [5.41, 5.74) is 4.58. The first-order valence-corrected chi connectivity index (χ1v) is 8.47. The lowest BCUT2D eigenvalue weighted by molar-refractivity contribution is 0.762. The second-order valence-electron chi connectivity index (χ2n) is 6.22. The molecule has 0 amide bonds. The molecule has 0 spiro atoms. The highest BCUT2D eigenvalue weighted by Crippen LogP contribution is 2.33. The Hall–Kier alpha value is -3.54. The van der Waals surface area contributed by atoms with Crippen molar-refractivity contribution in [2.24, 2.45) is 0 Å². The number of aromatic nitrogens is 4. The van der Waals surface area contributed by atoms with Gasteiger partial charge in [-0.15, -0.1) is 0 Å². The van der Waals surface area contributed by atoms with E-state index in [2.05, 4.69) is 38.6 Å². The minimum Gasteiger partial charge on any atom is -0.384 e. The smallest absolute Gasteiger partial charge is 0.282 e. The number of nitrogens with zero attached hydrogens (tertiary/aromatic N) is 4. The van der Waals surface area contributed by atoms with Gasteiger partial charge in [-0.05, 0) is 47.4 Å². The van der Waals surface area contributed by atoms with Crippen molar-refractivity contribution < 1.29 is 0 Å². The number of hydrogen-bond donors (Lipinski definition) is 1. The minimum atomic E-state index is -0.222. The third-order valence-electron chi connectivity index (χ3n) is 4.71. The SMILES string of the molecule is O=c1c2ccc(-c3cccc4c3CCN4)cc2cnn1-c1ncccn1. The summed E-state index contributed by atoms with van der Waals surface area (Å²) >= 11 is 0. The van der Waals surface area contributed by atoms with Crippen LogP contribution in [-0.4, -0.2) is 26.3 Å². The summed E-state index contributed by atoms with van der Waals surface area (Å²) in [5, 5.41) is 9.06. The lowest BCUT2D eigenvalue weighted by atomic mass is 9.96. The van der Waals surface area contributed by atoms with Gasteiger partial charge in [-0.25, -0.2) is 9.97 Å². The minimum absolute atomic E-state index is 0.222. The molecule has 126 valence electrons.